The monoisotopic (exact) mass is 495 g/mol. The van der Waals surface area contributed by atoms with Gasteiger partial charge in [-0.25, -0.2) is 13.4 Å². The van der Waals surface area contributed by atoms with Gasteiger partial charge in [-0.1, -0.05) is 29.3 Å². The molecular weight excluding hydrogens is 474 g/mol. The Labute approximate surface area is 194 Å². The zero-order valence-electron chi connectivity index (χ0n) is 17.1. The zero-order chi connectivity index (χ0) is 22.2. The predicted molar refractivity (Wildman–Crippen MR) is 126 cm³/mol. The molecule has 0 spiro atoms. The first-order chi connectivity index (χ1) is 14.7. The Bertz CT molecular complexity index is 1220. The van der Waals surface area contributed by atoms with E-state index in [0.29, 0.717) is 28.9 Å². The molecule has 1 aliphatic rings. The Morgan fingerprint density at radius 2 is 2.06 bits per heavy atom. The number of nitrogens with zero attached hydrogens (tertiary/aromatic N) is 2. The number of halogens is 1. The van der Waals surface area contributed by atoms with Crippen molar-refractivity contribution in [2.75, 3.05) is 18.4 Å². The van der Waals surface area contributed by atoms with Gasteiger partial charge in [0, 0.05) is 24.0 Å². The average Bonchev–Trinajstić information content (AvgIpc) is 3.39. The number of thiophene rings is 1. The molecule has 1 unspecified atom stereocenters. The van der Waals surface area contributed by atoms with Crippen molar-refractivity contribution in [2.45, 2.75) is 30.9 Å². The van der Waals surface area contributed by atoms with Crippen LogP contribution in [0.2, 0.25) is 4.34 Å². The molecule has 1 fully saturated rings. The third-order valence-corrected chi connectivity index (χ3v) is 9.62. The third-order valence-electron chi connectivity index (χ3n) is 5.30. The second-order valence-corrected chi connectivity index (χ2v) is 12.3. The topological polar surface area (TPSA) is 79.4 Å². The molecule has 0 aliphatic carbocycles. The molecule has 1 amide bonds. The summed E-state index contributed by atoms with van der Waals surface area (Å²) in [6.07, 6.45) is 1.26. The van der Waals surface area contributed by atoms with Crippen LogP contribution in [0.4, 0.5) is 5.13 Å². The quantitative estimate of drug-likeness (QED) is 0.528. The van der Waals surface area contributed by atoms with E-state index in [1.54, 1.807) is 6.07 Å². The van der Waals surface area contributed by atoms with Crippen LogP contribution in [-0.2, 0) is 14.8 Å². The minimum atomic E-state index is -3.65. The van der Waals surface area contributed by atoms with Crippen LogP contribution in [0.5, 0.6) is 0 Å². The van der Waals surface area contributed by atoms with E-state index in [-0.39, 0.29) is 16.7 Å². The largest absolute Gasteiger partial charge is 0.302 e. The van der Waals surface area contributed by atoms with Crippen molar-refractivity contribution in [2.24, 2.45) is 5.92 Å². The number of nitrogens with one attached hydrogen (secondary N) is 1. The number of carbonyl (C=O) groups excluding carboxylic acids is 1. The number of hydrogen-bond donors (Lipinski definition) is 1. The first-order valence-corrected chi connectivity index (χ1v) is 13.3. The Morgan fingerprint density at radius 3 is 2.81 bits per heavy atom. The molecule has 1 aliphatic heterocycles. The normalized spacial score (nSPS) is 17.6. The molecule has 1 N–H and O–H groups in total. The molecule has 1 aromatic carbocycles. The minimum absolute atomic E-state index is 0.152. The van der Waals surface area contributed by atoms with Crippen molar-refractivity contribution in [3.05, 3.63) is 51.2 Å². The molecule has 4 rings (SSSR count). The van der Waals surface area contributed by atoms with Gasteiger partial charge in [0.25, 0.3) is 10.0 Å². The molecular formula is C21H22ClN3O3S3. The maximum atomic E-state index is 12.9. The van der Waals surface area contributed by atoms with Gasteiger partial charge in [0.2, 0.25) is 5.91 Å². The lowest BCUT2D eigenvalue weighted by molar-refractivity contribution is -0.120. The lowest BCUT2D eigenvalue weighted by atomic mass is 9.99. The smallest absolute Gasteiger partial charge is 0.252 e. The Kier molecular flexibility index (Phi) is 6.50. The molecule has 31 heavy (non-hydrogen) atoms. The van der Waals surface area contributed by atoms with E-state index in [4.69, 9.17) is 11.6 Å². The van der Waals surface area contributed by atoms with Crippen molar-refractivity contribution < 1.29 is 13.2 Å². The molecule has 0 bridgehead atoms. The second-order valence-electron chi connectivity index (χ2n) is 7.61. The number of amides is 1. The van der Waals surface area contributed by atoms with Crippen molar-refractivity contribution in [3.63, 3.8) is 0 Å². The van der Waals surface area contributed by atoms with E-state index in [0.717, 1.165) is 33.7 Å². The summed E-state index contributed by atoms with van der Waals surface area (Å²) in [6.45, 7) is 4.61. The molecule has 2 aromatic heterocycles. The molecule has 6 nitrogen and oxygen atoms in total. The van der Waals surface area contributed by atoms with E-state index >= 15 is 0 Å². The number of piperidine rings is 1. The van der Waals surface area contributed by atoms with Gasteiger partial charge in [0.1, 0.15) is 4.21 Å². The van der Waals surface area contributed by atoms with Crippen molar-refractivity contribution in [3.8, 4) is 11.3 Å². The number of aryl methyl sites for hydroxylation is 2. The van der Waals surface area contributed by atoms with Crippen LogP contribution in [0.25, 0.3) is 11.3 Å². The van der Waals surface area contributed by atoms with Gasteiger partial charge in [-0.15, -0.1) is 22.7 Å². The predicted octanol–water partition coefficient (Wildman–Crippen LogP) is 5.18. The van der Waals surface area contributed by atoms with Crippen LogP contribution in [0.15, 0.2) is 39.9 Å². The number of carbonyl (C=O) groups is 1. The number of hydrogen-bond acceptors (Lipinski definition) is 6. The fraction of sp³-hybridized carbons (Fsp3) is 0.333. The molecule has 3 aromatic rings. The summed E-state index contributed by atoms with van der Waals surface area (Å²) < 4.78 is 27.8. The fourth-order valence-corrected chi connectivity index (χ4v) is 7.49. The Morgan fingerprint density at radius 1 is 1.26 bits per heavy atom. The van der Waals surface area contributed by atoms with E-state index in [1.807, 2.05) is 19.2 Å². The second kappa shape index (κ2) is 8.99. The summed E-state index contributed by atoms with van der Waals surface area (Å²) in [7, 11) is -3.65. The molecule has 1 saturated heterocycles. The summed E-state index contributed by atoms with van der Waals surface area (Å²) in [5, 5.41) is 5.33. The van der Waals surface area contributed by atoms with Crippen LogP contribution in [0, 0.1) is 19.8 Å². The van der Waals surface area contributed by atoms with Crippen LogP contribution >= 0.6 is 34.3 Å². The van der Waals surface area contributed by atoms with Crippen LogP contribution < -0.4 is 5.32 Å². The fourth-order valence-electron chi connectivity index (χ4n) is 3.61. The van der Waals surface area contributed by atoms with Crippen molar-refractivity contribution >= 4 is 55.3 Å². The van der Waals surface area contributed by atoms with Gasteiger partial charge < -0.3 is 5.32 Å². The number of rotatable bonds is 5. The maximum Gasteiger partial charge on any atom is 0.252 e. The van der Waals surface area contributed by atoms with Gasteiger partial charge in [-0.2, -0.15) is 4.31 Å². The van der Waals surface area contributed by atoms with E-state index in [9.17, 15) is 13.2 Å². The minimum Gasteiger partial charge on any atom is -0.302 e. The Balaban J connectivity index is 1.45. The third kappa shape index (κ3) is 4.85. The lowest BCUT2D eigenvalue weighted by Crippen LogP contribution is -2.43. The van der Waals surface area contributed by atoms with Crippen LogP contribution in [0.1, 0.15) is 24.0 Å². The molecule has 0 saturated carbocycles. The molecule has 3 heterocycles. The summed E-state index contributed by atoms with van der Waals surface area (Å²) >= 11 is 8.30. The summed E-state index contributed by atoms with van der Waals surface area (Å²) in [5.41, 5.74) is 4.13. The van der Waals surface area contributed by atoms with Gasteiger partial charge in [-0.3, -0.25) is 4.79 Å². The first kappa shape index (κ1) is 22.4. The molecule has 1 atom stereocenters. The van der Waals surface area contributed by atoms with Gasteiger partial charge in [0.05, 0.1) is 15.9 Å². The molecule has 10 heteroatoms. The van der Waals surface area contributed by atoms with Crippen molar-refractivity contribution in [1.82, 2.24) is 9.29 Å². The number of thiazole rings is 1. The highest BCUT2D eigenvalue weighted by Gasteiger charge is 2.34. The van der Waals surface area contributed by atoms with E-state index in [2.05, 4.69) is 28.5 Å². The number of benzene rings is 1. The summed E-state index contributed by atoms with van der Waals surface area (Å²) in [6, 6.07) is 9.28. The number of sulfonamides is 1. The number of anilines is 1. The van der Waals surface area contributed by atoms with Crippen LogP contribution in [0.3, 0.4) is 0 Å². The molecule has 0 radical (unpaired) electrons. The SMILES string of the molecule is Cc1ccc(C)c(-c2csc(NC(=O)C3CCCN(S(=O)(=O)c4ccc(Cl)s4)C3)n2)c1. The average molecular weight is 496 g/mol. The highest BCUT2D eigenvalue weighted by Crippen LogP contribution is 2.32. The highest BCUT2D eigenvalue weighted by molar-refractivity contribution is 7.91. The maximum absolute atomic E-state index is 12.9. The van der Waals surface area contributed by atoms with Gasteiger partial charge in [-0.05, 0) is 50.5 Å². The van der Waals surface area contributed by atoms with Crippen LogP contribution in [-0.4, -0.2) is 36.7 Å². The van der Waals surface area contributed by atoms with Gasteiger partial charge >= 0.3 is 0 Å². The van der Waals surface area contributed by atoms with Gasteiger partial charge in [0.15, 0.2) is 5.13 Å². The zero-order valence-corrected chi connectivity index (χ0v) is 20.3. The summed E-state index contributed by atoms with van der Waals surface area (Å²) in [5.74, 6) is -0.627. The lowest BCUT2D eigenvalue weighted by Gasteiger charge is -2.30. The molecule has 164 valence electrons. The highest BCUT2D eigenvalue weighted by atomic mass is 35.5. The number of aromatic nitrogens is 1. The Hall–Kier alpha value is -1.78. The first-order valence-electron chi connectivity index (χ1n) is 9.83. The standard InChI is InChI=1S/C21H22ClN3O3S3/c1-13-5-6-14(2)16(10-13)17-12-29-21(23-17)24-20(26)15-4-3-9-25(11-15)31(27,28)19-8-7-18(22)30-19/h5-8,10,12,15H,3-4,9,11H2,1-2H3,(H,23,24,26). The van der Waals surface area contributed by atoms with Crippen molar-refractivity contribution in [1.29, 1.82) is 0 Å². The summed E-state index contributed by atoms with van der Waals surface area (Å²) in [4.78, 5) is 17.4. The van der Waals surface area contributed by atoms with E-state index < -0.39 is 15.9 Å². The van der Waals surface area contributed by atoms with E-state index in [1.165, 1.54) is 21.7 Å².